The van der Waals surface area contributed by atoms with E-state index in [1.54, 1.807) is 6.92 Å². The second-order valence-corrected chi connectivity index (χ2v) is 6.19. The molecule has 1 aromatic carbocycles. The Morgan fingerprint density at radius 1 is 1.24 bits per heavy atom. The number of benzene rings is 1. The molecule has 2 aromatic rings. The van der Waals surface area contributed by atoms with E-state index >= 15 is 0 Å². The summed E-state index contributed by atoms with van der Waals surface area (Å²) < 4.78 is 0. The molecule has 0 radical (unpaired) electrons. The molecule has 2 heteroatoms. The molecule has 1 atom stereocenters. The standard InChI is InChI=1S/C19H23NO/c1-14(21)11-16(12-15-7-3-2-4-8-15)18-13-20-19-10-6-5-9-17(18)19/h5-6,9-10,12-13,16,20H,2-4,7-8,11H2,1H3/t16-/m0/s1. The minimum atomic E-state index is 0.215. The van der Waals surface area contributed by atoms with Crippen LogP contribution in [0, 0.1) is 0 Å². The van der Waals surface area contributed by atoms with E-state index < -0.39 is 0 Å². The van der Waals surface area contributed by atoms with Crippen LogP contribution in [-0.2, 0) is 4.79 Å². The first kappa shape index (κ1) is 14.1. The average Bonchev–Trinajstić information content (AvgIpc) is 2.91. The Hall–Kier alpha value is -1.83. The van der Waals surface area contributed by atoms with Crippen LogP contribution in [0.15, 0.2) is 42.1 Å². The Kier molecular flexibility index (Phi) is 4.23. The van der Waals surface area contributed by atoms with E-state index in [4.69, 9.17) is 0 Å². The summed E-state index contributed by atoms with van der Waals surface area (Å²) in [6.07, 6.45) is 11.4. The first-order chi connectivity index (χ1) is 10.2. The van der Waals surface area contributed by atoms with Gasteiger partial charge in [-0.2, -0.15) is 0 Å². The van der Waals surface area contributed by atoms with Crippen LogP contribution in [0.1, 0.15) is 56.9 Å². The second kappa shape index (κ2) is 6.30. The molecule has 110 valence electrons. The van der Waals surface area contributed by atoms with Gasteiger partial charge in [-0.05, 0) is 44.2 Å². The fourth-order valence-electron chi connectivity index (χ4n) is 3.43. The Morgan fingerprint density at radius 2 is 2.00 bits per heavy atom. The van der Waals surface area contributed by atoms with Gasteiger partial charge >= 0.3 is 0 Å². The van der Waals surface area contributed by atoms with Crippen molar-refractivity contribution in [1.82, 2.24) is 4.98 Å². The molecular weight excluding hydrogens is 258 g/mol. The summed E-state index contributed by atoms with van der Waals surface area (Å²) in [5.74, 6) is 0.477. The minimum absolute atomic E-state index is 0.215. The summed E-state index contributed by atoms with van der Waals surface area (Å²) in [7, 11) is 0. The largest absolute Gasteiger partial charge is 0.361 e. The molecule has 1 aliphatic rings. The van der Waals surface area contributed by atoms with Crippen molar-refractivity contribution in [1.29, 1.82) is 0 Å². The highest BCUT2D eigenvalue weighted by atomic mass is 16.1. The van der Waals surface area contributed by atoms with Crippen molar-refractivity contribution in [3.8, 4) is 0 Å². The van der Waals surface area contributed by atoms with Gasteiger partial charge in [-0.3, -0.25) is 4.79 Å². The fraction of sp³-hybridized carbons (Fsp3) is 0.421. The van der Waals surface area contributed by atoms with Crippen molar-refractivity contribution in [2.75, 3.05) is 0 Å². The zero-order valence-electron chi connectivity index (χ0n) is 12.7. The second-order valence-electron chi connectivity index (χ2n) is 6.19. The van der Waals surface area contributed by atoms with Crippen LogP contribution in [0.25, 0.3) is 10.9 Å². The normalized spacial score (nSPS) is 16.9. The highest BCUT2D eigenvalue weighted by Crippen LogP contribution is 2.33. The molecule has 0 amide bonds. The maximum absolute atomic E-state index is 11.7. The fourth-order valence-corrected chi connectivity index (χ4v) is 3.43. The van der Waals surface area contributed by atoms with E-state index in [1.165, 1.54) is 48.6 Å². The predicted octanol–water partition coefficient (Wildman–Crippen LogP) is 5.12. The topological polar surface area (TPSA) is 32.9 Å². The summed E-state index contributed by atoms with van der Waals surface area (Å²) in [6, 6.07) is 8.35. The van der Waals surface area contributed by atoms with E-state index in [2.05, 4.69) is 35.5 Å². The number of hydrogen-bond acceptors (Lipinski definition) is 1. The van der Waals surface area contributed by atoms with Crippen molar-refractivity contribution in [3.63, 3.8) is 0 Å². The number of para-hydroxylation sites is 1. The Labute approximate surface area is 126 Å². The summed E-state index contributed by atoms with van der Waals surface area (Å²) in [6.45, 7) is 1.70. The van der Waals surface area contributed by atoms with Crippen LogP contribution in [0.4, 0.5) is 0 Å². The van der Waals surface area contributed by atoms with Crippen molar-refractivity contribution in [2.45, 2.75) is 51.4 Å². The first-order valence-electron chi connectivity index (χ1n) is 7.99. The van der Waals surface area contributed by atoms with Crippen LogP contribution < -0.4 is 0 Å². The summed E-state index contributed by atoms with van der Waals surface area (Å²) >= 11 is 0. The number of fused-ring (bicyclic) bond motifs is 1. The van der Waals surface area contributed by atoms with E-state index in [0.717, 1.165) is 5.52 Å². The van der Waals surface area contributed by atoms with Crippen molar-refractivity contribution in [3.05, 3.63) is 47.7 Å². The van der Waals surface area contributed by atoms with Gasteiger partial charge in [0.2, 0.25) is 0 Å². The summed E-state index contributed by atoms with van der Waals surface area (Å²) in [4.78, 5) is 15.0. The molecule has 0 bridgehead atoms. The number of rotatable bonds is 4. The molecule has 2 nitrogen and oxygen atoms in total. The Morgan fingerprint density at radius 3 is 2.76 bits per heavy atom. The number of nitrogens with one attached hydrogen (secondary N) is 1. The maximum atomic E-state index is 11.7. The van der Waals surface area contributed by atoms with Crippen molar-refractivity contribution >= 4 is 16.7 Å². The Bertz CT molecular complexity index is 657. The molecule has 1 heterocycles. The number of aromatic amines is 1. The number of carbonyl (C=O) groups is 1. The van der Waals surface area contributed by atoms with Gasteiger partial charge in [0.25, 0.3) is 0 Å². The lowest BCUT2D eigenvalue weighted by atomic mass is 9.87. The van der Waals surface area contributed by atoms with Crippen molar-refractivity contribution in [2.24, 2.45) is 0 Å². The summed E-state index contributed by atoms with van der Waals surface area (Å²) in [5, 5.41) is 1.25. The average molecular weight is 281 g/mol. The van der Waals surface area contributed by atoms with Crippen LogP contribution in [0.3, 0.4) is 0 Å². The molecule has 1 N–H and O–H groups in total. The van der Waals surface area contributed by atoms with Gasteiger partial charge in [0.05, 0.1) is 0 Å². The van der Waals surface area contributed by atoms with Crippen LogP contribution in [-0.4, -0.2) is 10.8 Å². The van der Waals surface area contributed by atoms with Gasteiger partial charge < -0.3 is 4.98 Å². The quantitative estimate of drug-likeness (QED) is 0.775. The minimum Gasteiger partial charge on any atom is -0.361 e. The molecule has 1 saturated carbocycles. The third-order valence-electron chi connectivity index (χ3n) is 4.46. The zero-order chi connectivity index (χ0) is 14.7. The molecule has 3 rings (SSSR count). The molecule has 0 spiro atoms. The van der Waals surface area contributed by atoms with E-state index in [0.29, 0.717) is 6.42 Å². The Balaban J connectivity index is 1.96. The SMILES string of the molecule is CC(=O)C[C@@H](C=C1CCCCC1)c1c[nH]c2ccccc12. The van der Waals surface area contributed by atoms with Gasteiger partial charge in [0, 0.05) is 29.4 Å². The molecule has 1 aromatic heterocycles. The first-order valence-corrected chi connectivity index (χ1v) is 7.99. The number of carbonyl (C=O) groups excluding carboxylic acids is 1. The van der Waals surface area contributed by atoms with Crippen molar-refractivity contribution < 1.29 is 4.79 Å². The molecular formula is C19H23NO. The molecule has 0 aliphatic heterocycles. The number of aromatic nitrogens is 1. The molecule has 1 fully saturated rings. The molecule has 0 saturated heterocycles. The van der Waals surface area contributed by atoms with Gasteiger partial charge in [0.1, 0.15) is 5.78 Å². The van der Waals surface area contributed by atoms with E-state index in [-0.39, 0.29) is 11.7 Å². The van der Waals surface area contributed by atoms with Crippen LogP contribution in [0.2, 0.25) is 0 Å². The molecule has 21 heavy (non-hydrogen) atoms. The zero-order valence-corrected chi connectivity index (χ0v) is 12.7. The van der Waals surface area contributed by atoms with Gasteiger partial charge in [-0.1, -0.05) is 36.3 Å². The third-order valence-corrected chi connectivity index (χ3v) is 4.46. The van der Waals surface area contributed by atoms with Crippen LogP contribution in [0.5, 0.6) is 0 Å². The number of H-pyrrole nitrogens is 1. The highest BCUT2D eigenvalue weighted by Gasteiger charge is 2.17. The highest BCUT2D eigenvalue weighted by molar-refractivity contribution is 5.85. The van der Waals surface area contributed by atoms with Crippen LogP contribution >= 0.6 is 0 Å². The molecule has 1 aliphatic carbocycles. The monoisotopic (exact) mass is 281 g/mol. The third kappa shape index (κ3) is 3.26. The summed E-state index contributed by atoms with van der Waals surface area (Å²) in [5.41, 5.74) is 3.96. The number of Topliss-reactive ketones (excluding diaryl/α,β-unsaturated/α-hetero) is 1. The van der Waals surface area contributed by atoms with Gasteiger partial charge in [0.15, 0.2) is 0 Å². The lowest BCUT2D eigenvalue weighted by molar-refractivity contribution is -0.117. The lowest BCUT2D eigenvalue weighted by Gasteiger charge is -2.18. The van der Waals surface area contributed by atoms with E-state index in [9.17, 15) is 4.79 Å². The molecule has 0 unspecified atom stereocenters. The lowest BCUT2D eigenvalue weighted by Crippen LogP contribution is -2.04. The smallest absolute Gasteiger partial charge is 0.130 e. The van der Waals surface area contributed by atoms with E-state index in [1.807, 2.05) is 6.07 Å². The van der Waals surface area contributed by atoms with Gasteiger partial charge in [-0.25, -0.2) is 0 Å². The number of allylic oxidation sites excluding steroid dienone is 2. The number of hydrogen-bond donors (Lipinski definition) is 1. The van der Waals surface area contributed by atoms with Gasteiger partial charge in [-0.15, -0.1) is 0 Å². The number of ketones is 1. The predicted molar refractivity (Wildman–Crippen MR) is 87.5 cm³/mol. The maximum Gasteiger partial charge on any atom is 0.130 e.